The van der Waals surface area contributed by atoms with E-state index in [2.05, 4.69) is 5.10 Å². The molecular weight excluding hydrogens is 306 g/mol. The Bertz CT molecular complexity index is 763. The van der Waals surface area contributed by atoms with Crippen molar-refractivity contribution in [3.63, 3.8) is 0 Å². The highest BCUT2D eigenvalue weighted by Crippen LogP contribution is 2.25. The van der Waals surface area contributed by atoms with Crippen molar-refractivity contribution in [2.24, 2.45) is 7.05 Å². The van der Waals surface area contributed by atoms with Crippen LogP contribution in [0, 0.1) is 13.8 Å². The summed E-state index contributed by atoms with van der Waals surface area (Å²) in [4.78, 5) is 25.3. The molecule has 1 amide bonds. The van der Waals surface area contributed by atoms with Gasteiger partial charge >= 0.3 is 5.97 Å². The molecule has 0 saturated heterocycles. The van der Waals surface area contributed by atoms with Gasteiger partial charge in [-0.05, 0) is 38.5 Å². The summed E-state index contributed by atoms with van der Waals surface area (Å²) in [5.41, 5.74) is 3.96. The quantitative estimate of drug-likeness (QED) is 0.914. The second kappa shape index (κ2) is 6.86. The second-order valence-electron chi connectivity index (χ2n) is 6.13. The van der Waals surface area contributed by atoms with Crippen molar-refractivity contribution in [3.05, 3.63) is 52.3 Å². The number of aryl methyl sites for hydroxylation is 2. The highest BCUT2D eigenvalue weighted by atomic mass is 16.4. The molecule has 0 radical (unpaired) electrons. The Kier molecular flexibility index (Phi) is 5.07. The first-order valence-electron chi connectivity index (χ1n) is 7.79. The third-order valence-corrected chi connectivity index (χ3v) is 4.37. The lowest BCUT2D eigenvalue weighted by molar-refractivity contribution is -0.131. The number of carboxylic acids is 1. The van der Waals surface area contributed by atoms with Gasteiger partial charge in [0.05, 0.1) is 17.2 Å². The maximum absolute atomic E-state index is 12.7. The Balaban J connectivity index is 2.12. The van der Waals surface area contributed by atoms with E-state index < -0.39 is 5.97 Å². The normalized spacial score (nSPS) is 12.0. The Morgan fingerprint density at radius 1 is 1.25 bits per heavy atom. The minimum absolute atomic E-state index is 0.0107. The summed E-state index contributed by atoms with van der Waals surface area (Å²) in [7, 11) is 3.63. The maximum atomic E-state index is 12.7. The SMILES string of the molecule is Cc1nn(C)c(C)c1C(C)C(=O)N(C)Cc1ccc(C(=O)O)cc1. The lowest BCUT2D eigenvalue weighted by Crippen LogP contribution is -2.30. The van der Waals surface area contributed by atoms with E-state index in [9.17, 15) is 9.59 Å². The smallest absolute Gasteiger partial charge is 0.335 e. The zero-order valence-corrected chi connectivity index (χ0v) is 14.7. The van der Waals surface area contributed by atoms with Crippen LogP contribution in [-0.4, -0.2) is 38.7 Å². The zero-order valence-electron chi connectivity index (χ0n) is 14.7. The molecule has 2 rings (SSSR count). The van der Waals surface area contributed by atoms with Gasteiger partial charge in [-0.3, -0.25) is 9.48 Å². The molecule has 2 aromatic rings. The fourth-order valence-electron chi connectivity index (χ4n) is 2.98. The van der Waals surface area contributed by atoms with Crippen molar-refractivity contribution in [2.45, 2.75) is 33.2 Å². The number of carboxylic acid groups (broad SMARTS) is 1. The summed E-state index contributed by atoms with van der Waals surface area (Å²) >= 11 is 0. The van der Waals surface area contributed by atoms with Gasteiger partial charge in [0.25, 0.3) is 0 Å². The molecule has 6 nitrogen and oxygen atoms in total. The van der Waals surface area contributed by atoms with Crippen molar-refractivity contribution in [2.75, 3.05) is 7.05 Å². The molecule has 1 aromatic heterocycles. The van der Waals surface area contributed by atoms with Crippen molar-refractivity contribution in [1.82, 2.24) is 14.7 Å². The summed E-state index contributed by atoms with van der Waals surface area (Å²) in [5, 5.41) is 13.3. The monoisotopic (exact) mass is 329 g/mol. The van der Waals surface area contributed by atoms with Crippen LogP contribution in [0.5, 0.6) is 0 Å². The maximum Gasteiger partial charge on any atom is 0.335 e. The molecular formula is C18H23N3O3. The second-order valence-corrected chi connectivity index (χ2v) is 6.13. The van der Waals surface area contributed by atoms with Crippen molar-refractivity contribution in [1.29, 1.82) is 0 Å². The number of aromatic nitrogens is 2. The van der Waals surface area contributed by atoms with E-state index in [4.69, 9.17) is 5.11 Å². The number of hydrogen-bond donors (Lipinski definition) is 1. The summed E-state index contributed by atoms with van der Waals surface area (Å²) in [5.74, 6) is -1.22. The molecule has 6 heteroatoms. The molecule has 0 bridgehead atoms. The molecule has 0 fully saturated rings. The number of amides is 1. The number of aromatic carboxylic acids is 1. The number of carbonyl (C=O) groups excluding carboxylic acids is 1. The van der Waals surface area contributed by atoms with Gasteiger partial charge in [0, 0.05) is 31.9 Å². The largest absolute Gasteiger partial charge is 0.478 e. The third kappa shape index (κ3) is 3.48. The number of hydrogen-bond acceptors (Lipinski definition) is 3. The number of likely N-dealkylation sites (N-methyl/N-ethyl adjacent to an activating group) is 1. The number of benzene rings is 1. The van der Waals surface area contributed by atoms with E-state index in [1.165, 1.54) is 0 Å². The van der Waals surface area contributed by atoms with Gasteiger partial charge in [-0.15, -0.1) is 0 Å². The van der Waals surface area contributed by atoms with Crippen LogP contribution >= 0.6 is 0 Å². The van der Waals surface area contributed by atoms with Crippen molar-refractivity contribution in [3.8, 4) is 0 Å². The number of nitrogens with zero attached hydrogens (tertiary/aromatic N) is 3. The van der Waals surface area contributed by atoms with Crippen LogP contribution in [-0.2, 0) is 18.4 Å². The number of carbonyl (C=O) groups is 2. The fraction of sp³-hybridized carbons (Fsp3) is 0.389. The van der Waals surface area contributed by atoms with E-state index in [-0.39, 0.29) is 17.4 Å². The Morgan fingerprint density at radius 3 is 2.29 bits per heavy atom. The van der Waals surface area contributed by atoms with Crippen LogP contribution < -0.4 is 0 Å². The summed E-state index contributed by atoms with van der Waals surface area (Å²) in [6.45, 7) is 6.20. The molecule has 0 spiro atoms. The molecule has 1 N–H and O–H groups in total. The summed E-state index contributed by atoms with van der Waals surface area (Å²) in [6, 6.07) is 6.57. The first kappa shape index (κ1) is 17.7. The Hall–Kier alpha value is -2.63. The highest BCUT2D eigenvalue weighted by Gasteiger charge is 2.25. The molecule has 0 aliphatic heterocycles. The third-order valence-electron chi connectivity index (χ3n) is 4.37. The van der Waals surface area contributed by atoms with Gasteiger partial charge in [0.15, 0.2) is 0 Å². The van der Waals surface area contributed by atoms with Gasteiger partial charge in [-0.25, -0.2) is 4.79 Å². The molecule has 128 valence electrons. The van der Waals surface area contributed by atoms with Crippen LogP contribution in [0.3, 0.4) is 0 Å². The van der Waals surface area contributed by atoms with Crippen molar-refractivity contribution >= 4 is 11.9 Å². The van der Waals surface area contributed by atoms with E-state index in [1.54, 1.807) is 40.9 Å². The van der Waals surface area contributed by atoms with Crippen LogP contribution in [0.2, 0.25) is 0 Å². The summed E-state index contributed by atoms with van der Waals surface area (Å²) < 4.78 is 1.79. The van der Waals surface area contributed by atoms with Gasteiger partial charge < -0.3 is 10.0 Å². The molecule has 1 aromatic carbocycles. The van der Waals surface area contributed by atoms with E-state index in [0.717, 1.165) is 22.5 Å². The Labute approximate surface area is 141 Å². The first-order valence-corrected chi connectivity index (χ1v) is 7.79. The van der Waals surface area contributed by atoms with Crippen LogP contribution in [0.4, 0.5) is 0 Å². The lowest BCUT2D eigenvalue weighted by atomic mass is 9.97. The molecule has 1 atom stereocenters. The first-order chi connectivity index (χ1) is 11.2. The van der Waals surface area contributed by atoms with Gasteiger partial charge in [-0.2, -0.15) is 5.10 Å². The molecule has 1 heterocycles. The lowest BCUT2D eigenvalue weighted by Gasteiger charge is -2.22. The van der Waals surface area contributed by atoms with E-state index in [0.29, 0.717) is 6.54 Å². The van der Waals surface area contributed by atoms with Gasteiger partial charge in [0.2, 0.25) is 5.91 Å². The standard InChI is InChI=1S/C18H23N3O3/c1-11(16-12(2)19-21(5)13(16)3)17(22)20(4)10-14-6-8-15(9-7-14)18(23)24/h6-9,11H,10H2,1-5H3,(H,23,24). The molecule has 0 saturated carbocycles. The molecule has 1 unspecified atom stereocenters. The number of rotatable bonds is 5. The minimum atomic E-state index is -0.956. The summed E-state index contributed by atoms with van der Waals surface area (Å²) in [6.07, 6.45) is 0. The zero-order chi connectivity index (χ0) is 18.0. The predicted octanol–water partition coefficient (Wildman–Crippen LogP) is 2.50. The molecule has 0 aliphatic rings. The molecule has 0 aliphatic carbocycles. The van der Waals surface area contributed by atoms with Crippen LogP contribution in [0.1, 0.15) is 45.7 Å². The highest BCUT2D eigenvalue weighted by molar-refractivity contribution is 5.87. The molecule has 24 heavy (non-hydrogen) atoms. The predicted molar refractivity (Wildman–Crippen MR) is 91.0 cm³/mol. The average molecular weight is 329 g/mol. The van der Waals surface area contributed by atoms with E-state index in [1.807, 2.05) is 27.8 Å². The van der Waals surface area contributed by atoms with Gasteiger partial charge in [-0.1, -0.05) is 12.1 Å². The van der Waals surface area contributed by atoms with Gasteiger partial charge in [0.1, 0.15) is 0 Å². The minimum Gasteiger partial charge on any atom is -0.478 e. The van der Waals surface area contributed by atoms with E-state index >= 15 is 0 Å². The fourth-order valence-corrected chi connectivity index (χ4v) is 2.98. The average Bonchev–Trinajstić information content (AvgIpc) is 2.79. The van der Waals surface area contributed by atoms with Crippen molar-refractivity contribution < 1.29 is 14.7 Å². The topological polar surface area (TPSA) is 75.4 Å². The van der Waals surface area contributed by atoms with Crippen LogP contribution in [0.15, 0.2) is 24.3 Å². The Morgan fingerprint density at radius 2 is 1.83 bits per heavy atom. The van der Waals surface area contributed by atoms with Crippen LogP contribution in [0.25, 0.3) is 0 Å².